The molecule has 0 aliphatic heterocycles. The van der Waals surface area contributed by atoms with Crippen molar-refractivity contribution in [2.75, 3.05) is 79.3 Å². The SMILES string of the molecule is CC(C)CCOCCOCCOCCOCC(=O)NC(COCC(C)C)COCC(C)C. The minimum absolute atomic E-state index is 0.0154. The van der Waals surface area contributed by atoms with Crippen LogP contribution in [-0.2, 0) is 33.2 Å². The minimum Gasteiger partial charge on any atom is -0.379 e. The first kappa shape index (κ1) is 31.2. The van der Waals surface area contributed by atoms with Crippen molar-refractivity contribution in [2.24, 2.45) is 17.8 Å². The van der Waals surface area contributed by atoms with Crippen molar-refractivity contribution in [1.29, 1.82) is 0 Å². The Bertz CT molecular complexity index is 405. The van der Waals surface area contributed by atoms with Gasteiger partial charge in [0.1, 0.15) is 6.61 Å². The molecule has 0 aliphatic rings. The zero-order valence-corrected chi connectivity index (χ0v) is 21.4. The second-order valence-corrected chi connectivity index (χ2v) is 9.20. The second kappa shape index (κ2) is 22.0. The number of nitrogens with one attached hydrogen (secondary N) is 1. The van der Waals surface area contributed by atoms with Gasteiger partial charge in [-0.15, -0.1) is 0 Å². The molecule has 0 rings (SSSR count). The van der Waals surface area contributed by atoms with Crippen LogP contribution >= 0.6 is 0 Å². The Morgan fingerprint density at radius 1 is 0.562 bits per heavy atom. The predicted octanol–water partition coefficient (Wildman–Crippen LogP) is 2.93. The fourth-order valence-corrected chi connectivity index (χ4v) is 2.44. The van der Waals surface area contributed by atoms with Gasteiger partial charge in [0.05, 0.1) is 58.9 Å². The molecule has 8 nitrogen and oxygen atoms in total. The lowest BCUT2D eigenvalue weighted by Crippen LogP contribution is -2.43. The van der Waals surface area contributed by atoms with E-state index in [-0.39, 0.29) is 18.6 Å². The summed E-state index contributed by atoms with van der Waals surface area (Å²) in [6, 6.07) is -0.189. The molecule has 0 heterocycles. The van der Waals surface area contributed by atoms with Crippen molar-refractivity contribution in [1.82, 2.24) is 5.32 Å². The van der Waals surface area contributed by atoms with E-state index >= 15 is 0 Å². The Hall–Kier alpha value is -0.770. The van der Waals surface area contributed by atoms with Crippen LogP contribution in [0.3, 0.4) is 0 Å². The Morgan fingerprint density at radius 2 is 1.00 bits per heavy atom. The molecular weight excluding hydrogens is 414 g/mol. The first-order valence-corrected chi connectivity index (χ1v) is 12.1. The summed E-state index contributed by atoms with van der Waals surface area (Å²) in [5.41, 5.74) is 0. The zero-order chi connectivity index (χ0) is 24.0. The fraction of sp³-hybridized carbons (Fsp3) is 0.958. The second-order valence-electron chi connectivity index (χ2n) is 9.20. The maximum absolute atomic E-state index is 12.1. The van der Waals surface area contributed by atoms with Gasteiger partial charge in [-0.2, -0.15) is 0 Å². The third-order valence-electron chi connectivity index (χ3n) is 4.09. The highest BCUT2D eigenvalue weighted by Crippen LogP contribution is 1.99. The lowest BCUT2D eigenvalue weighted by molar-refractivity contribution is -0.128. The number of carbonyl (C=O) groups is 1. The van der Waals surface area contributed by atoms with Gasteiger partial charge in [-0.05, 0) is 24.2 Å². The molecule has 0 radical (unpaired) electrons. The number of amides is 1. The van der Waals surface area contributed by atoms with Gasteiger partial charge < -0.3 is 33.7 Å². The van der Waals surface area contributed by atoms with Crippen molar-refractivity contribution in [3.8, 4) is 0 Å². The van der Waals surface area contributed by atoms with E-state index in [0.29, 0.717) is 83.8 Å². The lowest BCUT2D eigenvalue weighted by Gasteiger charge is -2.20. The van der Waals surface area contributed by atoms with Crippen LogP contribution in [0.15, 0.2) is 0 Å². The van der Waals surface area contributed by atoms with Crippen LogP contribution in [-0.4, -0.2) is 91.2 Å². The van der Waals surface area contributed by atoms with Gasteiger partial charge >= 0.3 is 0 Å². The highest BCUT2D eigenvalue weighted by Gasteiger charge is 2.14. The average Bonchev–Trinajstić information content (AvgIpc) is 2.70. The predicted molar refractivity (Wildman–Crippen MR) is 126 cm³/mol. The first-order valence-electron chi connectivity index (χ1n) is 12.1. The van der Waals surface area contributed by atoms with Gasteiger partial charge in [-0.25, -0.2) is 0 Å². The van der Waals surface area contributed by atoms with Gasteiger partial charge in [0, 0.05) is 19.8 Å². The van der Waals surface area contributed by atoms with E-state index in [0.717, 1.165) is 13.0 Å². The summed E-state index contributed by atoms with van der Waals surface area (Å²) in [6.07, 6.45) is 1.07. The van der Waals surface area contributed by atoms with Crippen LogP contribution in [0.5, 0.6) is 0 Å². The molecule has 0 spiro atoms. The van der Waals surface area contributed by atoms with Gasteiger partial charge in [0.15, 0.2) is 0 Å². The normalized spacial score (nSPS) is 11.9. The van der Waals surface area contributed by atoms with Crippen LogP contribution in [0.2, 0.25) is 0 Å². The third-order valence-corrected chi connectivity index (χ3v) is 4.09. The molecule has 32 heavy (non-hydrogen) atoms. The van der Waals surface area contributed by atoms with Crippen LogP contribution in [0.1, 0.15) is 48.0 Å². The molecule has 0 bridgehead atoms. The zero-order valence-electron chi connectivity index (χ0n) is 21.4. The Kier molecular flexibility index (Phi) is 21.5. The van der Waals surface area contributed by atoms with Gasteiger partial charge in [0.25, 0.3) is 0 Å². The summed E-state index contributed by atoms with van der Waals surface area (Å²) >= 11 is 0. The maximum atomic E-state index is 12.1. The van der Waals surface area contributed by atoms with E-state index in [4.69, 9.17) is 28.4 Å². The molecule has 0 saturated carbocycles. The molecule has 0 aliphatic carbocycles. The molecule has 0 saturated heterocycles. The third kappa shape index (κ3) is 23.9. The van der Waals surface area contributed by atoms with Gasteiger partial charge in [0.2, 0.25) is 5.91 Å². The quantitative estimate of drug-likeness (QED) is 0.233. The smallest absolute Gasteiger partial charge is 0.246 e. The Labute approximate surface area is 196 Å². The van der Waals surface area contributed by atoms with Crippen LogP contribution in [0.25, 0.3) is 0 Å². The van der Waals surface area contributed by atoms with Crippen molar-refractivity contribution < 1.29 is 33.2 Å². The Morgan fingerprint density at radius 3 is 1.44 bits per heavy atom. The number of rotatable bonds is 23. The number of ether oxygens (including phenoxy) is 6. The molecule has 1 amide bonds. The first-order chi connectivity index (χ1) is 15.3. The molecular formula is C24H49NO7. The summed E-state index contributed by atoms with van der Waals surface area (Å²) in [4.78, 5) is 12.1. The summed E-state index contributed by atoms with van der Waals surface area (Å²) in [7, 11) is 0. The van der Waals surface area contributed by atoms with Gasteiger partial charge in [-0.1, -0.05) is 41.5 Å². The number of hydrogen-bond donors (Lipinski definition) is 1. The standard InChI is InChI=1S/C24H49NO7/c1-20(2)7-8-27-9-10-28-11-12-29-13-14-30-19-24(26)25-23(17-31-15-21(3)4)18-32-16-22(5)6/h20-23H,7-19H2,1-6H3,(H,25,26). The summed E-state index contributed by atoms with van der Waals surface area (Å²) in [5, 5.41) is 2.92. The number of hydrogen-bond acceptors (Lipinski definition) is 7. The van der Waals surface area contributed by atoms with Crippen LogP contribution < -0.4 is 5.32 Å². The molecule has 0 atom stereocenters. The van der Waals surface area contributed by atoms with Crippen LogP contribution in [0.4, 0.5) is 0 Å². The van der Waals surface area contributed by atoms with Crippen molar-refractivity contribution >= 4 is 5.91 Å². The highest BCUT2D eigenvalue weighted by atomic mass is 16.6. The van der Waals surface area contributed by atoms with E-state index < -0.39 is 0 Å². The van der Waals surface area contributed by atoms with Crippen molar-refractivity contribution in [2.45, 2.75) is 54.0 Å². The van der Waals surface area contributed by atoms with E-state index in [9.17, 15) is 4.79 Å². The van der Waals surface area contributed by atoms with Gasteiger partial charge in [-0.3, -0.25) is 4.79 Å². The molecule has 0 aromatic heterocycles. The molecule has 0 fully saturated rings. The average molecular weight is 464 g/mol. The summed E-state index contributed by atoms with van der Waals surface area (Å²) in [5.74, 6) is 1.36. The topological polar surface area (TPSA) is 84.5 Å². The maximum Gasteiger partial charge on any atom is 0.246 e. The Balaban J connectivity index is 3.70. The van der Waals surface area contributed by atoms with E-state index in [1.807, 2.05) is 0 Å². The molecule has 0 aromatic rings. The summed E-state index contributed by atoms with van der Waals surface area (Å²) in [6.45, 7) is 18.6. The van der Waals surface area contributed by atoms with E-state index in [1.54, 1.807) is 0 Å². The number of carbonyl (C=O) groups excluding carboxylic acids is 1. The molecule has 192 valence electrons. The lowest BCUT2D eigenvalue weighted by atomic mass is 10.1. The van der Waals surface area contributed by atoms with E-state index in [2.05, 4.69) is 46.9 Å². The molecule has 0 unspecified atom stereocenters. The van der Waals surface area contributed by atoms with Crippen molar-refractivity contribution in [3.63, 3.8) is 0 Å². The highest BCUT2D eigenvalue weighted by molar-refractivity contribution is 5.77. The van der Waals surface area contributed by atoms with Crippen LogP contribution in [0, 0.1) is 17.8 Å². The molecule has 0 aromatic carbocycles. The molecule has 1 N–H and O–H groups in total. The molecule has 8 heteroatoms. The largest absolute Gasteiger partial charge is 0.379 e. The van der Waals surface area contributed by atoms with E-state index in [1.165, 1.54) is 0 Å². The fourth-order valence-electron chi connectivity index (χ4n) is 2.44. The summed E-state index contributed by atoms with van der Waals surface area (Å²) < 4.78 is 33.1. The van der Waals surface area contributed by atoms with Crippen molar-refractivity contribution in [3.05, 3.63) is 0 Å². The monoisotopic (exact) mass is 463 g/mol. The minimum atomic E-state index is -0.189.